The fourth-order valence-corrected chi connectivity index (χ4v) is 5.11. The second-order valence-electron chi connectivity index (χ2n) is 8.72. The van der Waals surface area contributed by atoms with Crippen molar-refractivity contribution in [3.05, 3.63) is 53.3 Å². The molecule has 1 aromatic carbocycles. The van der Waals surface area contributed by atoms with E-state index >= 15 is 0 Å². The SMILES string of the molecule is C=C1C(CCN2CCC(c3noc4cc(F)ccc34)CC2)=C(C)N=C2CCCCN12. The largest absolute Gasteiger partial charge is 0.356 e. The number of hydrogen-bond donors (Lipinski definition) is 0. The number of fused-ring (bicyclic) bond motifs is 2. The fourth-order valence-electron chi connectivity index (χ4n) is 5.11. The summed E-state index contributed by atoms with van der Waals surface area (Å²) in [5.74, 6) is 1.29. The first-order valence-electron chi connectivity index (χ1n) is 11.1. The molecule has 4 heterocycles. The molecular weight excluding hydrogens is 379 g/mol. The first-order chi connectivity index (χ1) is 14.6. The van der Waals surface area contributed by atoms with Crippen molar-refractivity contribution >= 4 is 16.8 Å². The number of halogens is 1. The van der Waals surface area contributed by atoms with Crippen molar-refractivity contribution in [3.8, 4) is 0 Å². The van der Waals surface area contributed by atoms with E-state index in [1.165, 1.54) is 36.4 Å². The average molecular weight is 409 g/mol. The van der Waals surface area contributed by atoms with Crippen LogP contribution in [-0.2, 0) is 0 Å². The van der Waals surface area contributed by atoms with Gasteiger partial charge in [-0.1, -0.05) is 11.7 Å². The molecule has 5 nitrogen and oxygen atoms in total. The molecule has 2 saturated heterocycles. The Morgan fingerprint density at radius 3 is 2.87 bits per heavy atom. The van der Waals surface area contributed by atoms with Crippen molar-refractivity contribution in [2.24, 2.45) is 4.99 Å². The summed E-state index contributed by atoms with van der Waals surface area (Å²) in [6.07, 6.45) is 6.62. The number of rotatable bonds is 4. The lowest BCUT2D eigenvalue weighted by Crippen LogP contribution is -2.38. The molecule has 0 N–H and O–H groups in total. The normalized spacial score (nSPS) is 21.3. The maximum Gasteiger partial charge on any atom is 0.170 e. The number of aliphatic imine (C=N–C) groups is 1. The van der Waals surface area contributed by atoms with Gasteiger partial charge in [0, 0.05) is 48.3 Å². The van der Waals surface area contributed by atoms with E-state index in [0.717, 1.165) is 74.3 Å². The van der Waals surface area contributed by atoms with Crippen LogP contribution in [0.1, 0.15) is 57.1 Å². The smallest absolute Gasteiger partial charge is 0.170 e. The number of benzene rings is 1. The summed E-state index contributed by atoms with van der Waals surface area (Å²) in [7, 11) is 0. The van der Waals surface area contributed by atoms with Crippen LogP contribution in [0.3, 0.4) is 0 Å². The Morgan fingerprint density at radius 2 is 2.03 bits per heavy atom. The van der Waals surface area contributed by atoms with Crippen molar-refractivity contribution < 1.29 is 8.91 Å². The molecule has 6 heteroatoms. The van der Waals surface area contributed by atoms with E-state index in [-0.39, 0.29) is 5.82 Å². The van der Waals surface area contributed by atoms with E-state index in [2.05, 4.69) is 28.5 Å². The Hall–Kier alpha value is -2.47. The van der Waals surface area contributed by atoms with Gasteiger partial charge in [-0.25, -0.2) is 9.38 Å². The van der Waals surface area contributed by atoms with Crippen LogP contribution >= 0.6 is 0 Å². The van der Waals surface area contributed by atoms with Crippen LogP contribution in [0.25, 0.3) is 11.0 Å². The summed E-state index contributed by atoms with van der Waals surface area (Å²) in [5, 5.41) is 5.21. The van der Waals surface area contributed by atoms with Gasteiger partial charge in [0.2, 0.25) is 0 Å². The quantitative estimate of drug-likeness (QED) is 0.696. The zero-order chi connectivity index (χ0) is 20.7. The van der Waals surface area contributed by atoms with Gasteiger partial charge >= 0.3 is 0 Å². The second kappa shape index (κ2) is 7.99. The summed E-state index contributed by atoms with van der Waals surface area (Å²) in [5.41, 5.74) is 5.14. The summed E-state index contributed by atoms with van der Waals surface area (Å²) >= 11 is 0. The van der Waals surface area contributed by atoms with Crippen LogP contribution in [0.5, 0.6) is 0 Å². The number of piperidine rings is 2. The minimum Gasteiger partial charge on any atom is -0.356 e. The van der Waals surface area contributed by atoms with Gasteiger partial charge < -0.3 is 14.3 Å². The summed E-state index contributed by atoms with van der Waals surface area (Å²) < 4.78 is 18.8. The van der Waals surface area contributed by atoms with E-state index in [1.807, 2.05) is 0 Å². The van der Waals surface area contributed by atoms with Crippen LogP contribution in [0.2, 0.25) is 0 Å². The molecule has 2 fully saturated rings. The predicted octanol–water partition coefficient (Wildman–Crippen LogP) is 5.22. The molecule has 2 aromatic rings. The second-order valence-corrected chi connectivity index (χ2v) is 8.72. The molecule has 0 atom stereocenters. The highest BCUT2D eigenvalue weighted by Crippen LogP contribution is 2.34. The lowest BCUT2D eigenvalue weighted by Gasteiger charge is -2.37. The van der Waals surface area contributed by atoms with Gasteiger partial charge in [0.15, 0.2) is 5.58 Å². The van der Waals surface area contributed by atoms with E-state index in [0.29, 0.717) is 11.5 Å². The summed E-state index contributed by atoms with van der Waals surface area (Å²) in [6.45, 7) is 10.7. The zero-order valence-corrected chi connectivity index (χ0v) is 17.7. The maximum absolute atomic E-state index is 13.4. The van der Waals surface area contributed by atoms with Crippen LogP contribution in [-0.4, -0.2) is 47.0 Å². The van der Waals surface area contributed by atoms with Gasteiger partial charge in [0.1, 0.15) is 11.7 Å². The van der Waals surface area contributed by atoms with E-state index in [1.54, 1.807) is 6.07 Å². The molecular formula is C24H29FN4O. The Balaban J connectivity index is 1.20. The van der Waals surface area contributed by atoms with Crippen molar-refractivity contribution in [1.29, 1.82) is 0 Å². The topological polar surface area (TPSA) is 44.9 Å². The molecule has 158 valence electrons. The van der Waals surface area contributed by atoms with Gasteiger partial charge in [-0.2, -0.15) is 0 Å². The molecule has 3 aliphatic rings. The summed E-state index contributed by atoms with van der Waals surface area (Å²) in [6, 6.07) is 4.70. The highest BCUT2D eigenvalue weighted by atomic mass is 19.1. The first kappa shape index (κ1) is 19.5. The average Bonchev–Trinajstić information content (AvgIpc) is 3.17. The Morgan fingerprint density at radius 1 is 1.20 bits per heavy atom. The van der Waals surface area contributed by atoms with Gasteiger partial charge in [0.05, 0.1) is 5.69 Å². The molecule has 1 aromatic heterocycles. The lowest BCUT2D eigenvalue weighted by molar-refractivity contribution is 0.211. The predicted molar refractivity (Wildman–Crippen MR) is 117 cm³/mol. The number of allylic oxidation sites excluding steroid dienone is 2. The van der Waals surface area contributed by atoms with E-state index < -0.39 is 0 Å². The highest BCUT2D eigenvalue weighted by Gasteiger charge is 2.28. The lowest BCUT2D eigenvalue weighted by atomic mass is 9.91. The van der Waals surface area contributed by atoms with E-state index in [4.69, 9.17) is 9.52 Å². The molecule has 0 spiro atoms. The van der Waals surface area contributed by atoms with Crippen molar-refractivity contribution in [2.45, 2.75) is 51.4 Å². The molecule has 0 radical (unpaired) electrons. The van der Waals surface area contributed by atoms with Gasteiger partial charge in [-0.15, -0.1) is 0 Å². The van der Waals surface area contributed by atoms with Gasteiger partial charge in [0.25, 0.3) is 0 Å². The highest BCUT2D eigenvalue weighted by molar-refractivity contribution is 5.87. The molecule has 3 aliphatic heterocycles. The molecule has 0 amide bonds. The van der Waals surface area contributed by atoms with Crippen LogP contribution in [0, 0.1) is 5.82 Å². The molecule has 0 bridgehead atoms. The Kier molecular flexibility index (Phi) is 5.19. The maximum atomic E-state index is 13.4. The third-order valence-electron chi connectivity index (χ3n) is 6.87. The molecule has 5 rings (SSSR count). The third-order valence-corrected chi connectivity index (χ3v) is 6.87. The van der Waals surface area contributed by atoms with Crippen LogP contribution in [0.4, 0.5) is 4.39 Å². The molecule has 0 unspecified atom stereocenters. The third kappa shape index (κ3) is 3.58. The monoisotopic (exact) mass is 408 g/mol. The van der Waals surface area contributed by atoms with Crippen LogP contribution in [0.15, 0.2) is 51.3 Å². The van der Waals surface area contributed by atoms with Crippen molar-refractivity contribution in [3.63, 3.8) is 0 Å². The number of nitrogens with zero attached hydrogens (tertiary/aromatic N) is 4. The molecule has 30 heavy (non-hydrogen) atoms. The fraction of sp³-hybridized carbons (Fsp3) is 0.500. The number of aromatic nitrogens is 1. The number of hydrogen-bond acceptors (Lipinski definition) is 5. The minimum atomic E-state index is -0.282. The Labute approximate surface area is 176 Å². The summed E-state index contributed by atoms with van der Waals surface area (Å²) in [4.78, 5) is 9.74. The van der Waals surface area contributed by atoms with Crippen molar-refractivity contribution in [2.75, 3.05) is 26.2 Å². The van der Waals surface area contributed by atoms with Crippen LogP contribution < -0.4 is 0 Å². The number of likely N-dealkylation sites (tertiary alicyclic amines) is 1. The van der Waals surface area contributed by atoms with E-state index in [9.17, 15) is 4.39 Å². The molecule has 0 saturated carbocycles. The standard InChI is InChI=1S/C24H29FN4O/c1-16-20(17(2)29-11-4-3-5-23(29)26-16)10-14-28-12-8-18(9-13-28)24-21-7-6-19(25)15-22(21)30-27-24/h6-7,15,18H,2-5,8-14H2,1H3. The number of amidine groups is 1. The van der Waals surface area contributed by atoms with Crippen molar-refractivity contribution in [1.82, 2.24) is 15.0 Å². The molecule has 0 aliphatic carbocycles. The minimum absolute atomic E-state index is 0.282. The Bertz CT molecular complexity index is 1030. The first-order valence-corrected chi connectivity index (χ1v) is 11.1. The zero-order valence-electron chi connectivity index (χ0n) is 17.7. The van der Waals surface area contributed by atoms with Gasteiger partial charge in [-0.05, 0) is 69.8 Å². The van der Waals surface area contributed by atoms with Gasteiger partial charge in [-0.3, -0.25) is 0 Å².